The number of carboxylic acid groups (broad SMARTS) is 1. The third-order valence-corrected chi connectivity index (χ3v) is 3.21. The van der Waals surface area contributed by atoms with E-state index in [-0.39, 0.29) is 32.5 Å². The summed E-state index contributed by atoms with van der Waals surface area (Å²) >= 11 is 0. The number of amides is 1. The van der Waals surface area contributed by atoms with Crippen molar-refractivity contribution in [1.82, 2.24) is 4.90 Å². The number of Topliss-reactive ketones (excluding diaryl/α,β-unsaturated/α-hetero) is 1. The number of hydrogen-bond donors (Lipinski definition) is 1. The lowest BCUT2D eigenvalue weighted by molar-refractivity contribution is -0.168. The Balaban J connectivity index is 2.90. The molecule has 6 nitrogen and oxygen atoms in total. The van der Waals surface area contributed by atoms with Crippen molar-refractivity contribution < 1.29 is 37.4 Å². The topological polar surface area (TPSA) is 83.9 Å². The van der Waals surface area contributed by atoms with Crippen molar-refractivity contribution in [2.24, 2.45) is 5.92 Å². The van der Waals surface area contributed by atoms with Gasteiger partial charge in [-0.3, -0.25) is 4.79 Å². The van der Waals surface area contributed by atoms with Gasteiger partial charge in [-0.2, -0.15) is 13.2 Å². The lowest BCUT2D eigenvalue weighted by Gasteiger charge is -2.28. The molecule has 0 aromatic rings. The molecule has 124 valence electrons. The molecule has 0 aromatic carbocycles. The number of alkyl halides is 3. The van der Waals surface area contributed by atoms with Crippen LogP contribution < -0.4 is 0 Å². The van der Waals surface area contributed by atoms with Crippen molar-refractivity contribution in [3.63, 3.8) is 0 Å². The van der Waals surface area contributed by atoms with Gasteiger partial charge in [0.05, 0.1) is 6.61 Å². The van der Waals surface area contributed by atoms with Crippen LogP contribution in [0.15, 0.2) is 11.6 Å². The van der Waals surface area contributed by atoms with Gasteiger partial charge in [0, 0.05) is 13.1 Å². The molecular weight excluding hydrogens is 307 g/mol. The molecule has 1 heterocycles. The molecule has 0 unspecified atom stereocenters. The van der Waals surface area contributed by atoms with Crippen LogP contribution in [-0.4, -0.2) is 53.7 Å². The Labute approximate surface area is 124 Å². The number of nitrogens with zero attached hydrogens (tertiary/aromatic N) is 1. The molecule has 0 aliphatic carbocycles. The largest absolute Gasteiger partial charge is 0.465 e. The van der Waals surface area contributed by atoms with E-state index in [9.17, 15) is 27.6 Å². The second kappa shape index (κ2) is 7.28. The average molecular weight is 323 g/mol. The van der Waals surface area contributed by atoms with Crippen LogP contribution in [0.25, 0.3) is 0 Å². The number of carbonyl (C=O) groups is 3. The number of likely N-dealkylation sites (tertiary alicyclic amines) is 1. The molecule has 1 aliphatic heterocycles. The van der Waals surface area contributed by atoms with Crippen molar-refractivity contribution >= 4 is 17.8 Å². The van der Waals surface area contributed by atoms with Crippen LogP contribution in [0, 0.1) is 5.92 Å². The zero-order valence-electron chi connectivity index (χ0n) is 11.9. The van der Waals surface area contributed by atoms with E-state index in [4.69, 9.17) is 5.11 Å². The molecule has 1 saturated heterocycles. The number of rotatable bonds is 4. The van der Waals surface area contributed by atoms with Crippen LogP contribution in [0.4, 0.5) is 18.0 Å². The number of halogens is 3. The smallest absolute Gasteiger partial charge is 0.455 e. The summed E-state index contributed by atoms with van der Waals surface area (Å²) in [6.45, 7) is 1.53. The summed E-state index contributed by atoms with van der Waals surface area (Å²) in [5, 5.41) is 8.79. The molecule has 1 fully saturated rings. The van der Waals surface area contributed by atoms with E-state index in [1.54, 1.807) is 0 Å². The number of ketones is 1. The summed E-state index contributed by atoms with van der Waals surface area (Å²) in [7, 11) is 0. The van der Waals surface area contributed by atoms with Crippen LogP contribution >= 0.6 is 0 Å². The predicted molar refractivity (Wildman–Crippen MR) is 68.1 cm³/mol. The van der Waals surface area contributed by atoms with Gasteiger partial charge in [0.15, 0.2) is 0 Å². The first-order valence-electron chi connectivity index (χ1n) is 6.65. The summed E-state index contributed by atoms with van der Waals surface area (Å²) < 4.78 is 42.1. The molecule has 0 bridgehead atoms. The van der Waals surface area contributed by atoms with Crippen LogP contribution in [-0.2, 0) is 14.3 Å². The molecule has 0 spiro atoms. The van der Waals surface area contributed by atoms with Gasteiger partial charge in [0.1, 0.15) is 5.57 Å². The molecule has 1 aliphatic rings. The zero-order valence-corrected chi connectivity index (χ0v) is 11.9. The van der Waals surface area contributed by atoms with Gasteiger partial charge in [0.25, 0.3) is 5.78 Å². The molecule has 0 atom stereocenters. The highest BCUT2D eigenvalue weighted by Gasteiger charge is 2.43. The average Bonchev–Trinajstić information content (AvgIpc) is 2.43. The van der Waals surface area contributed by atoms with Gasteiger partial charge in [-0.1, -0.05) is 6.08 Å². The second-order valence-corrected chi connectivity index (χ2v) is 4.73. The Kier molecular flexibility index (Phi) is 5.95. The Bertz CT molecular complexity index is 479. The number of esters is 1. The van der Waals surface area contributed by atoms with Crippen molar-refractivity contribution in [3.8, 4) is 0 Å². The van der Waals surface area contributed by atoms with E-state index in [1.807, 2.05) is 0 Å². The quantitative estimate of drug-likeness (QED) is 0.370. The molecule has 0 saturated carbocycles. The first-order valence-corrected chi connectivity index (χ1v) is 6.65. The lowest BCUT2D eigenvalue weighted by atomic mass is 9.93. The Morgan fingerprint density at radius 1 is 1.27 bits per heavy atom. The number of carbonyl (C=O) groups excluding carboxylic acids is 2. The zero-order chi connectivity index (χ0) is 16.9. The van der Waals surface area contributed by atoms with Crippen molar-refractivity contribution in [2.45, 2.75) is 25.9 Å². The van der Waals surface area contributed by atoms with Gasteiger partial charge < -0.3 is 14.7 Å². The minimum atomic E-state index is -5.17. The third-order valence-electron chi connectivity index (χ3n) is 3.21. The summed E-state index contributed by atoms with van der Waals surface area (Å²) in [5.74, 6) is -4.04. The maximum Gasteiger partial charge on any atom is 0.455 e. The van der Waals surface area contributed by atoms with E-state index in [0.29, 0.717) is 0 Å². The van der Waals surface area contributed by atoms with E-state index in [1.165, 1.54) is 6.92 Å². The van der Waals surface area contributed by atoms with Crippen LogP contribution in [0.3, 0.4) is 0 Å². The van der Waals surface area contributed by atoms with Crippen LogP contribution in [0.5, 0.6) is 0 Å². The normalized spacial score (nSPS) is 17.3. The molecule has 0 aromatic heterocycles. The molecule has 1 rings (SSSR count). The number of ether oxygens (including phenoxy) is 1. The predicted octanol–water partition coefficient (Wildman–Crippen LogP) is 2.00. The fourth-order valence-electron chi connectivity index (χ4n) is 2.09. The standard InChI is InChI=1S/C13H16F3NO5/c1-2-22-11(19)9(10(18)13(14,15)16)7-8-3-5-17(6-4-8)12(20)21/h7-8H,2-6H2,1H3,(H,20,21). The SMILES string of the molecule is CCOC(=O)C(=CC1CCN(C(=O)O)CC1)C(=O)C(F)(F)F. The molecular formula is C13H16F3NO5. The Morgan fingerprint density at radius 3 is 2.23 bits per heavy atom. The molecule has 1 N–H and O–H groups in total. The highest BCUT2D eigenvalue weighted by atomic mass is 19.4. The second-order valence-electron chi connectivity index (χ2n) is 4.73. The highest BCUT2D eigenvalue weighted by Crippen LogP contribution is 2.25. The van der Waals surface area contributed by atoms with E-state index < -0.39 is 35.5 Å². The van der Waals surface area contributed by atoms with Crippen LogP contribution in [0.1, 0.15) is 19.8 Å². The minimum Gasteiger partial charge on any atom is -0.465 e. The highest BCUT2D eigenvalue weighted by molar-refractivity contribution is 6.19. The summed E-state index contributed by atoms with van der Waals surface area (Å²) in [6.07, 6.45) is -4.85. The maximum absolute atomic E-state index is 12.5. The molecule has 0 radical (unpaired) electrons. The molecule has 1 amide bonds. The molecule has 22 heavy (non-hydrogen) atoms. The monoisotopic (exact) mass is 323 g/mol. The third kappa shape index (κ3) is 4.74. The first-order chi connectivity index (χ1) is 10.2. The molecule has 9 heteroatoms. The van der Waals surface area contributed by atoms with Crippen LogP contribution in [0.2, 0.25) is 0 Å². The Morgan fingerprint density at radius 2 is 1.82 bits per heavy atom. The fraction of sp³-hybridized carbons (Fsp3) is 0.615. The van der Waals surface area contributed by atoms with Crippen molar-refractivity contribution in [2.75, 3.05) is 19.7 Å². The van der Waals surface area contributed by atoms with Crippen molar-refractivity contribution in [1.29, 1.82) is 0 Å². The van der Waals surface area contributed by atoms with Crippen molar-refractivity contribution in [3.05, 3.63) is 11.6 Å². The van der Waals surface area contributed by atoms with E-state index in [2.05, 4.69) is 4.74 Å². The minimum absolute atomic E-state index is 0.132. The summed E-state index contributed by atoms with van der Waals surface area (Å²) in [6, 6.07) is 0. The van der Waals surface area contributed by atoms with E-state index in [0.717, 1.165) is 11.0 Å². The van der Waals surface area contributed by atoms with Gasteiger partial charge in [0.2, 0.25) is 0 Å². The number of allylic oxidation sites excluding steroid dienone is 1. The Hall–Kier alpha value is -2.06. The van der Waals surface area contributed by atoms with Gasteiger partial charge >= 0.3 is 18.2 Å². The number of hydrogen-bond acceptors (Lipinski definition) is 4. The number of piperidine rings is 1. The van der Waals surface area contributed by atoms with Gasteiger partial charge in [-0.25, -0.2) is 9.59 Å². The first kappa shape index (κ1) is 18.0. The maximum atomic E-state index is 12.5. The van der Waals surface area contributed by atoms with E-state index >= 15 is 0 Å². The lowest BCUT2D eigenvalue weighted by Crippen LogP contribution is -2.37. The van der Waals surface area contributed by atoms with Gasteiger partial charge in [-0.15, -0.1) is 0 Å². The fourth-order valence-corrected chi connectivity index (χ4v) is 2.09. The summed E-state index contributed by atoms with van der Waals surface area (Å²) in [5.41, 5.74) is -1.04. The van der Waals surface area contributed by atoms with Gasteiger partial charge in [-0.05, 0) is 25.7 Å². The summed E-state index contributed by atoms with van der Waals surface area (Å²) in [4.78, 5) is 34.8.